The van der Waals surface area contributed by atoms with Gasteiger partial charge in [0.05, 0.1) is 5.69 Å². The highest BCUT2D eigenvalue weighted by atomic mass is 32.1. The molecule has 0 spiro atoms. The summed E-state index contributed by atoms with van der Waals surface area (Å²) >= 11 is 1.50. The minimum Gasteiger partial charge on any atom is -0.291 e. The lowest BCUT2D eigenvalue weighted by Crippen LogP contribution is -2.26. The van der Waals surface area contributed by atoms with E-state index in [1.54, 1.807) is 11.9 Å². The molecule has 0 atom stereocenters. The molecule has 0 saturated carbocycles. The Kier molecular flexibility index (Phi) is 4.32. The summed E-state index contributed by atoms with van der Waals surface area (Å²) in [7, 11) is 1.79. The summed E-state index contributed by atoms with van der Waals surface area (Å²) in [5.41, 5.74) is 3.43. The van der Waals surface area contributed by atoms with Crippen LogP contribution in [-0.4, -0.2) is 17.9 Å². The van der Waals surface area contributed by atoms with Crippen LogP contribution in [-0.2, 0) is 11.2 Å². The van der Waals surface area contributed by atoms with Crippen LogP contribution in [0.3, 0.4) is 0 Å². The first-order valence-corrected chi connectivity index (χ1v) is 7.19. The number of anilines is 1. The van der Waals surface area contributed by atoms with Crippen molar-refractivity contribution < 1.29 is 4.79 Å². The van der Waals surface area contributed by atoms with E-state index in [1.807, 2.05) is 24.4 Å². The predicted molar refractivity (Wildman–Crippen MR) is 79.8 cm³/mol. The summed E-state index contributed by atoms with van der Waals surface area (Å²) in [5.74, 6) is 0.109. The van der Waals surface area contributed by atoms with Crippen molar-refractivity contribution in [2.75, 3.05) is 11.9 Å². The number of carbonyl (C=O) groups excluding carboxylic acids is 1. The van der Waals surface area contributed by atoms with E-state index < -0.39 is 0 Å². The normalized spacial score (nSPS) is 10.5. The Labute approximate surface area is 117 Å². The van der Waals surface area contributed by atoms with Crippen LogP contribution in [0.5, 0.6) is 0 Å². The van der Waals surface area contributed by atoms with Gasteiger partial charge in [-0.15, -0.1) is 11.3 Å². The molecule has 0 aliphatic heterocycles. The average Bonchev–Trinajstić information content (AvgIpc) is 2.83. The van der Waals surface area contributed by atoms with Crippen molar-refractivity contribution in [1.82, 2.24) is 4.98 Å². The van der Waals surface area contributed by atoms with Gasteiger partial charge in [0, 0.05) is 18.8 Å². The minimum atomic E-state index is 0.109. The van der Waals surface area contributed by atoms with E-state index >= 15 is 0 Å². The van der Waals surface area contributed by atoms with Gasteiger partial charge in [0.2, 0.25) is 5.91 Å². The Morgan fingerprint density at radius 2 is 2.05 bits per heavy atom. The van der Waals surface area contributed by atoms with E-state index in [-0.39, 0.29) is 5.91 Å². The molecule has 0 aliphatic carbocycles. The smallest absolute Gasteiger partial charge is 0.228 e. The van der Waals surface area contributed by atoms with Crippen LogP contribution in [0.4, 0.5) is 5.13 Å². The van der Waals surface area contributed by atoms with E-state index in [9.17, 15) is 4.79 Å². The van der Waals surface area contributed by atoms with Crippen molar-refractivity contribution in [2.45, 2.75) is 26.7 Å². The summed E-state index contributed by atoms with van der Waals surface area (Å²) < 4.78 is 0. The van der Waals surface area contributed by atoms with Crippen molar-refractivity contribution in [3.63, 3.8) is 0 Å². The molecule has 0 radical (unpaired) electrons. The van der Waals surface area contributed by atoms with Gasteiger partial charge in [-0.2, -0.15) is 0 Å². The average molecular weight is 274 g/mol. The second-order valence-corrected chi connectivity index (χ2v) is 5.49. The number of carbonyl (C=O) groups is 1. The molecule has 0 aliphatic rings. The molecule has 1 aromatic heterocycles. The Morgan fingerprint density at radius 3 is 2.68 bits per heavy atom. The van der Waals surface area contributed by atoms with Gasteiger partial charge in [-0.05, 0) is 31.4 Å². The van der Waals surface area contributed by atoms with Gasteiger partial charge in [-0.1, -0.05) is 24.3 Å². The molecule has 0 saturated heterocycles. The van der Waals surface area contributed by atoms with Gasteiger partial charge in [0.15, 0.2) is 5.13 Å². The third-order valence-electron chi connectivity index (χ3n) is 3.14. The largest absolute Gasteiger partial charge is 0.291 e. The van der Waals surface area contributed by atoms with Crippen molar-refractivity contribution in [3.8, 4) is 0 Å². The molecule has 0 unspecified atom stereocenters. The maximum atomic E-state index is 12.1. The Bertz CT molecular complexity index is 577. The van der Waals surface area contributed by atoms with Crippen molar-refractivity contribution in [1.29, 1.82) is 0 Å². The lowest BCUT2D eigenvalue weighted by atomic mass is 10.0. The van der Waals surface area contributed by atoms with Gasteiger partial charge in [0.1, 0.15) is 0 Å². The summed E-state index contributed by atoms with van der Waals surface area (Å²) in [4.78, 5) is 18.1. The van der Waals surface area contributed by atoms with Crippen LogP contribution in [0, 0.1) is 13.8 Å². The highest BCUT2D eigenvalue weighted by Crippen LogP contribution is 2.20. The number of aryl methyl sites for hydroxylation is 3. The topological polar surface area (TPSA) is 33.2 Å². The van der Waals surface area contributed by atoms with E-state index in [0.29, 0.717) is 6.42 Å². The van der Waals surface area contributed by atoms with Crippen LogP contribution in [0.25, 0.3) is 0 Å². The highest BCUT2D eigenvalue weighted by molar-refractivity contribution is 7.14. The van der Waals surface area contributed by atoms with Crippen LogP contribution in [0.15, 0.2) is 29.6 Å². The maximum Gasteiger partial charge on any atom is 0.228 e. The third kappa shape index (κ3) is 3.41. The van der Waals surface area contributed by atoms with Gasteiger partial charge in [0.25, 0.3) is 0 Å². The molecule has 2 rings (SSSR count). The van der Waals surface area contributed by atoms with Crippen molar-refractivity contribution in [3.05, 3.63) is 46.5 Å². The quantitative estimate of drug-likeness (QED) is 0.856. The first-order chi connectivity index (χ1) is 9.08. The van der Waals surface area contributed by atoms with E-state index in [2.05, 4.69) is 24.0 Å². The Balaban J connectivity index is 1.96. The number of nitrogens with zero attached hydrogens (tertiary/aromatic N) is 2. The van der Waals surface area contributed by atoms with Crippen LogP contribution >= 0.6 is 11.3 Å². The molecule has 0 bridgehead atoms. The summed E-state index contributed by atoms with van der Waals surface area (Å²) in [6.45, 7) is 4.01. The number of aromatic nitrogens is 1. The van der Waals surface area contributed by atoms with Gasteiger partial charge < -0.3 is 0 Å². The monoisotopic (exact) mass is 274 g/mol. The lowest BCUT2D eigenvalue weighted by Gasteiger charge is -2.14. The molecular formula is C15H18N2OS. The minimum absolute atomic E-state index is 0.109. The fraction of sp³-hybridized carbons (Fsp3) is 0.333. The number of thiazole rings is 1. The number of rotatable bonds is 4. The summed E-state index contributed by atoms with van der Waals surface area (Å²) in [6.07, 6.45) is 1.29. The maximum absolute atomic E-state index is 12.1. The molecule has 4 heteroatoms. The first-order valence-electron chi connectivity index (χ1n) is 6.31. The molecule has 1 aromatic carbocycles. The van der Waals surface area contributed by atoms with Crippen LogP contribution in [0.2, 0.25) is 0 Å². The number of hydrogen-bond donors (Lipinski definition) is 0. The van der Waals surface area contributed by atoms with Gasteiger partial charge in [-0.3, -0.25) is 9.69 Å². The first kappa shape index (κ1) is 13.7. The predicted octanol–water partition coefficient (Wildman–Crippen LogP) is 3.36. The molecule has 1 heterocycles. The zero-order valence-corrected chi connectivity index (χ0v) is 12.3. The zero-order chi connectivity index (χ0) is 13.8. The second kappa shape index (κ2) is 5.97. The molecule has 0 fully saturated rings. The fourth-order valence-electron chi connectivity index (χ4n) is 1.90. The molecule has 100 valence electrons. The Morgan fingerprint density at radius 1 is 1.32 bits per heavy atom. The number of hydrogen-bond acceptors (Lipinski definition) is 3. The summed E-state index contributed by atoms with van der Waals surface area (Å²) in [5, 5.41) is 2.73. The number of amides is 1. The molecule has 19 heavy (non-hydrogen) atoms. The summed E-state index contributed by atoms with van der Waals surface area (Å²) in [6, 6.07) is 8.19. The fourth-order valence-corrected chi connectivity index (χ4v) is 2.69. The van der Waals surface area contributed by atoms with Gasteiger partial charge in [-0.25, -0.2) is 4.98 Å². The molecule has 2 aromatic rings. The number of benzene rings is 1. The van der Waals surface area contributed by atoms with Gasteiger partial charge >= 0.3 is 0 Å². The lowest BCUT2D eigenvalue weighted by molar-refractivity contribution is -0.118. The van der Waals surface area contributed by atoms with Crippen molar-refractivity contribution in [2.24, 2.45) is 0 Å². The molecule has 0 N–H and O–H groups in total. The standard InChI is InChI=1S/C15H18N2OS/c1-11-6-4-5-7-13(11)8-9-14(18)17(3)15-16-12(2)10-19-15/h4-7,10H,8-9H2,1-3H3. The Hall–Kier alpha value is -1.68. The van der Waals surface area contributed by atoms with Crippen LogP contribution < -0.4 is 4.90 Å². The molecule has 3 nitrogen and oxygen atoms in total. The zero-order valence-electron chi connectivity index (χ0n) is 11.5. The SMILES string of the molecule is Cc1csc(N(C)C(=O)CCc2ccccc2C)n1. The van der Waals surface area contributed by atoms with E-state index in [4.69, 9.17) is 0 Å². The highest BCUT2D eigenvalue weighted by Gasteiger charge is 2.14. The third-order valence-corrected chi connectivity index (χ3v) is 4.17. The van der Waals surface area contributed by atoms with E-state index in [1.165, 1.54) is 22.5 Å². The van der Waals surface area contributed by atoms with Crippen LogP contribution in [0.1, 0.15) is 23.2 Å². The molecular weight excluding hydrogens is 256 g/mol. The van der Waals surface area contributed by atoms with E-state index in [0.717, 1.165) is 17.2 Å². The second-order valence-electron chi connectivity index (χ2n) is 4.65. The molecule has 1 amide bonds. The van der Waals surface area contributed by atoms with Crippen molar-refractivity contribution >= 4 is 22.4 Å².